The molecule has 0 atom stereocenters. The number of nitrogens with zero attached hydrogens (tertiary/aromatic N) is 5. The molecule has 0 saturated heterocycles. The molecule has 0 unspecified atom stereocenters. The standard InChI is InChI=1S/C16H14FN5O2/c1-10-13(8-19-16(20-10)24-2)14-3-4-15(23)22(21-14)9-11-5-12(17)7-18-6-11/h3-8H,9H2,1-2H3. The lowest BCUT2D eigenvalue weighted by Crippen LogP contribution is -2.23. The van der Waals surface area contributed by atoms with Crippen molar-refractivity contribution >= 4 is 0 Å². The van der Waals surface area contributed by atoms with Crippen molar-refractivity contribution in [1.29, 1.82) is 0 Å². The van der Waals surface area contributed by atoms with Crippen molar-refractivity contribution in [1.82, 2.24) is 24.7 Å². The molecule has 3 aromatic heterocycles. The number of pyridine rings is 1. The summed E-state index contributed by atoms with van der Waals surface area (Å²) in [4.78, 5) is 24.0. The summed E-state index contributed by atoms with van der Waals surface area (Å²) in [5, 5.41) is 4.32. The van der Waals surface area contributed by atoms with Gasteiger partial charge in [-0.25, -0.2) is 14.1 Å². The highest BCUT2D eigenvalue weighted by Gasteiger charge is 2.10. The van der Waals surface area contributed by atoms with Gasteiger partial charge in [-0.2, -0.15) is 10.1 Å². The normalized spacial score (nSPS) is 10.6. The number of ether oxygens (including phenoxy) is 1. The van der Waals surface area contributed by atoms with Gasteiger partial charge in [0.25, 0.3) is 5.56 Å². The van der Waals surface area contributed by atoms with Gasteiger partial charge in [0.2, 0.25) is 0 Å². The number of methoxy groups -OCH3 is 1. The highest BCUT2D eigenvalue weighted by atomic mass is 19.1. The average molecular weight is 327 g/mol. The Bertz CT molecular complexity index is 942. The lowest BCUT2D eigenvalue weighted by molar-refractivity contribution is 0.379. The van der Waals surface area contributed by atoms with E-state index in [2.05, 4.69) is 20.1 Å². The monoisotopic (exact) mass is 327 g/mol. The van der Waals surface area contributed by atoms with Crippen LogP contribution in [0, 0.1) is 12.7 Å². The van der Waals surface area contributed by atoms with Crippen LogP contribution in [0.2, 0.25) is 0 Å². The van der Waals surface area contributed by atoms with Gasteiger partial charge < -0.3 is 4.74 Å². The number of hydrogen-bond donors (Lipinski definition) is 0. The quantitative estimate of drug-likeness (QED) is 0.724. The lowest BCUT2D eigenvalue weighted by atomic mass is 10.2. The summed E-state index contributed by atoms with van der Waals surface area (Å²) in [6.45, 7) is 1.92. The van der Waals surface area contributed by atoms with Crippen LogP contribution in [0.3, 0.4) is 0 Å². The highest BCUT2D eigenvalue weighted by molar-refractivity contribution is 5.59. The molecule has 3 aromatic rings. The Morgan fingerprint density at radius 1 is 1.25 bits per heavy atom. The molecule has 0 fully saturated rings. The fourth-order valence-corrected chi connectivity index (χ4v) is 2.22. The van der Waals surface area contributed by atoms with Gasteiger partial charge in [-0.1, -0.05) is 0 Å². The Morgan fingerprint density at radius 3 is 2.79 bits per heavy atom. The van der Waals surface area contributed by atoms with Crippen molar-refractivity contribution in [2.45, 2.75) is 13.5 Å². The fourth-order valence-electron chi connectivity index (χ4n) is 2.22. The van der Waals surface area contributed by atoms with E-state index in [0.717, 1.165) is 6.20 Å². The van der Waals surface area contributed by atoms with E-state index >= 15 is 0 Å². The maximum atomic E-state index is 13.2. The van der Waals surface area contributed by atoms with Crippen LogP contribution in [0.15, 0.2) is 41.6 Å². The third-order valence-corrected chi connectivity index (χ3v) is 3.38. The first-order valence-electron chi connectivity index (χ1n) is 7.12. The van der Waals surface area contributed by atoms with Crippen molar-refractivity contribution in [3.8, 4) is 17.3 Å². The van der Waals surface area contributed by atoms with Crippen molar-refractivity contribution in [2.75, 3.05) is 7.11 Å². The second-order valence-electron chi connectivity index (χ2n) is 5.08. The zero-order valence-corrected chi connectivity index (χ0v) is 13.1. The number of aromatic nitrogens is 5. The van der Waals surface area contributed by atoms with Gasteiger partial charge in [0, 0.05) is 24.0 Å². The van der Waals surface area contributed by atoms with Gasteiger partial charge in [0.05, 0.1) is 31.2 Å². The van der Waals surface area contributed by atoms with Crippen LogP contribution in [-0.4, -0.2) is 31.8 Å². The van der Waals surface area contributed by atoms with E-state index in [1.807, 2.05) is 0 Å². The smallest absolute Gasteiger partial charge is 0.316 e. The van der Waals surface area contributed by atoms with E-state index in [1.165, 1.54) is 30.1 Å². The zero-order chi connectivity index (χ0) is 17.1. The van der Waals surface area contributed by atoms with Crippen LogP contribution in [0.4, 0.5) is 4.39 Å². The van der Waals surface area contributed by atoms with Crippen LogP contribution in [0.25, 0.3) is 11.3 Å². The molecule has 0 aliphatic rings. The Kier molecular flexibility index (Phi) is 4.28. The van der Waals surface area contributed by atoms with E-state index in [9.17, 15) is 9.18 Å². The van der Waals surface area contributed by atoms with Gasteiger partial charge in [-0.3, -0.25) is 9.78 Å². The third-order valence-electron chi connectivity index (χ3n) is 3.38. The number of hydrogen-bond acceptors (Lipinski definition) is 6. The number of rotatable bonds is 4. The maximum absolute atomic E-state index is 13.2. The van der Waals surface area contributed by atoms with Gasteiger partial charge in [0.1, 0.15) is 5.82 Å². The van der Waals surface area contributed by atoms with Crippen LogP contribution < -0.4 is 10.3 Å². The summed E-state index contributed by atoms with van der Waals surface area (Å²) in [5.74, 6) is -0.462. The molecule has 122 valence electrons. The van der Waals surface area contributed by atoms with E-state index in [1.54, 1.807) is 19.2 Å². The Labute approximate surface area is 136 Å². The molecule has 3 heterocycles. The summed E-state index contributed by atoms with van der Waals surface area (Å²) in [6.07, 6.45) is 4.18. The zero-order valence-electron chi connectivity index (χ0n) is 13.1. The molecule has 0 spiro atoms. The van der Waals surface area contributed by atoms with Crippen LogP contribution in [0.5, 0.6) is 6.01 Å². The molecule has 24 heavy (non-hydrogen) atoms. The molecular formula is C16H14FN5O2. The second kappa shape index (κ2) is 6.53. The molecular weight excluding hydrogens is 313 g/mol. The minimum Gasteiger partial charge on any atom is -0.467 e. The topological polar surface area (TPSA) is 82.8 Å². The molecule has 8 heteroatoms. The Hall–Kier alpha value is -3.16. The minimum atomic E-state index is -0.462. The van der Waals surface area contributed by atoms with Crippen LogP contribution >= 0.6 is 0 Å². The molecule has 0 radical (unpaired) electrons. The summed E-state index contributed by atoms with van der Waals surface area (Å²) < 4.78 is 19.5. The molecule has 0 saturated carbocycles. The van der Waals surface area contributed by atoms with Crippen molar-refractivity contribution in [3.05, 3.63) is 64.2 Å². The molecule has 0 N–H and O–H groups in total. The van der Waals surface area contributed by atoms with E-state index in [-0.39, 0.29) is 18.1 Å². The molecule has 0 aliphatic carbocycles. The lowest BCUT2D eigenvalue weighted by Gasteiger charge is -2.09. The molecule has 0 bridgehead atoms. The predicted octanol–water partition coefficient (Wildman–Crippen LogP) is 1.60. The summed E-state index contributed by atoms with van der Waals surface area (Å²) in [7, 11) is 1.49. The first-order valence-corrected chi connectivity index (χ1v) is 7.12. The van der Waals surface area contributed by atoms with Gasteiger partial charge in [-0.05, 0) is 24.6 Å². The molecule has 0 amide bonds. The van der Waals surface area contributed by atoms with Crippen LogP contribution in [0.1, 0.15) is 11.3 Å². The van der Waals surface area contributed by atoms with Crippen molar-refractivity contribution in [2.24, 2.45) is 0 Å². The molecule has 0 aliphatic heterocycles. The van der Waals surface area contributed by atoms with Gasteiger partial charge in [-0.15, -0.1) is 0 Å². The molecule has 3 rings (SSSR count). The van der Waals surface area contributed by atoms with Gasteiger partial charge in [0.15, 0.2) is 0 Å². The number of halogens is 1. The third kappa shape index (κ3) is 3.27. The summed E-state index contributed by atoms with van der Waals surface area (Å²) in [5.41, 5.74) is 2.15. The predicted molar refractivity (Wildman–Crippen MR) is 84.1 cm³/mol. The fraction of sp³-hybridized carbons (Fsp3) is 0.188. The summed E-state index contributed by atoms with van der Waals surface area (Å²) >= 11 is 0. The first-order chi connectivity index (χ1) is 11.6. The minimum absolute atomic E-state index is 0.119. The molecule has 7 nitrogen and oxygen atoms in total. The second-order valence-corrected chi connectivity index (χ2v) is 5.08. The maximum Gasteiger partial charge on any atom is 0.316 e. The van der Waals surface area contributed by atoms with E-state index in [0.29, 0.717) is 22.5 Å². The highest BCUT2D eigenvalue weighted by Crippen LogP contribution is 2.19. The van der Waals surface area contributed by atoms with Gasteiger partial charge >= 0.3 is 6.01 Å². The number of aryl methyl sites for hydroxylation is 1. The van der Waals surface area contributed by atoms with Crippen molar-refractivity contribution < 1.29 is 9.13 Å². The van der Waals surface area contributed by atoms with Crippen LogP contribution in [-0.2, 0) is 6.54 Å². The largest absolute Gasteiger partial charge is 0.467 e. The van der Waals surface area contributed by atoms with Crippen molar-refractivity contribution in [3.63, 3.8) is 0 Å². The average Bonchev–Trinajstić information content (AvgIpc) is 2.57. The van der Waals surface area contributed by atoms with E-state index in [4.69, 9.17) is 4.74 Å². The van der Waals surface area contributed by atoms with E-state index < -0.39 is 5.82 Å². The SMILES string of the molecule is COc1ncc(-c2ccc(=O)n(Cc3cncc(F)c3)n2)c(C)n1. The Balaban J connectivity index is 1.99. The Morgan fingerprint density at radius 2 is 2.08 bits per heavy atom. The molecule has 0 aromatic carbocycles. The summed E-state index contributed by atoms with van der Waals surface area (Å²) in [6, 6.07) is 4.57. The first kappa shape index (κ1) is 15.7.